The van der Waals surface area contributed by atoms with E-state index >= 15 is 0 Å². The van der Waals surface area contributed by atoms with Crippen molar-refractivity contribution in [2.45, 2.75) is 44.1 Å². The predicted octanol–water partition coefficient (Wildman–Crippen LogP) is 3.48. The van der Waals surface area contributed by atoms with Crippen LogP contribution >= 0.6 is 12.4 Å². The number of carbonyl (C=O) groups is 1. The van der Waals surface area contributed by atoms with Crippen LogP contribution in [0.5, 0.6) is 0 Å². The number of amides is 1. The number of rotatable bonds is 3. The predicted molar refractivity (Wildman–Crippen MR) is 108 cm³/mol. The first-order chi connectivity index (χ1) is 12.2. The topological polar surface area (TPSA) is 46.3 Å². The van der Waals surface area contributed by atoms with Gasteiger partial charge in [-0.3, -0.25) is 4.79 Å². The van der Waals surface area contributed by atoms with E-state index in [9.17, 15) is 4.79 Å². The average Bonchev–Trinajstić information content (AvgIpc) is 3.04. The monoisotopic (exact) mass is 370 g/mol. The molecule has 2 aliphatic rings. The van der Waals surface area contributed by atoms with Crippen LogP contribution in [0.4, 0.5) is 0 Å². The number of halogens is 1. The summed E-state index contributed by atoms with van der Waals surface area (Å²) < 4.78 is 0. The maximum Gasteiger partial charge on any atom is 0.227 e. The number of aryl methyl sites for hydroxylation is 2. The molecule has 0 spiro atoms. The molecule has 2 aromatic carbocycles. The van der Waals surface area contributed by atoms with Gasteiger partial charge in [-0.1, -0.05) is 48.5 Å². The summed E-state index contributed by atoms with van der Waals surface area (Å²) in [6, 6.07) is 16.9. The van der Waals surface area contributed by atoms with E-state index in [1.807, 2.05) is 23.1 Å². The maximum atomic E-state index is 12.8. The van der Waals surface area contributed by atoms with Crippen molar-refractivity contribution in [3.8, 4) is 0 Å². The third-order valence-electron chi connectivity index (χ3n) is 5.71. The number of nitrogens with two attached hydrogens (primary N) is 1. The maximum absolute atomic E-state index is 12.8. The van der Waals surface area contributed by atoms with Crippen LogP contribution in [0.15, 0.2) is 48.5 Å². The zero-order valence-electron chi connectivity index (χ0n) is 15.1. The number of likely N-dealkylation sites (tertiary alicyclic amines) is 1. The van der Waals surface area contributed by atoms with Crippen molar-refractivity contribution >= 4 is 18.3 Å². The van der Waals surface area contributed by atoms with Crippen LogP contribution in [0, 0.1) is 0 Å². The number of hydrogen-bond acceptors (Lipinski definition) is 2. The highest BCUT2D eigenvalue weighted by molar-refractivity contribution is 5.85. The molecule has 4 rings (SSSR count). The molecule has 2 N–H and O–H groups in total. The van der Waals surface area contributed by atoms with Crippen molar-refractivity contribution in [1.82, 2.24) is 4.90 Å². The van der Waals surface area contributed by atoms with Crippen molar-refractivity contribution in [3.05, 3.63) is 70.8 Å². The van der Waals surface area contributed by atoms with Gasteiger partial charge in [-0.15, -0.1) is 12.4 Å². The van der Waals surface area contributed by atoms with Gasteiger partial charge in [0, 0.05) is 25.0 Å². The zero-order valence-corrected chi connectivity index (χ0v) is 15.9. The summed E-state index contributed by atoms with van der Waals surface area (Å²) in [6.45, 7) is 1.39. The summed E-state index contributed by atoms with van der Waals surface area (Å²) in [5.74, 6) is 0.443. The Morgan fingerprint density at radius 2 is 1.73 bits per heavy atom. The summed E-state index contributed by atoms with van der Waals surface area (Å²) in [5, 5.41) is 0. The molecule has 0 saturated carbocycles. The molecule has 0 bridgehead atoms. The van der Waals surface area contributed by atoms with Crippen LogP contribution in [0.3, 0.4) is 0 Å². The van der Waals surface area contributed by atoms with Gasteiger partial charge < -0.3 is 10.6 Å². The molecule has 3 nitrogen and oxygen atoms in total. The Morgan fingerprint density at radius 3 is 2.50 bits per heavy atom. The van der Waals surface area contributed by atoms with E-state index in [0.717, 1.165) is 18.5 Å². The van der Waals surface area contributed by atoms with Crippen LogP contribution in [-0.4, -0.2) is 29.9 Å². The van der Waals surface area contributed by atoms with Crippen LogP contribution in [-0.2, 0) is 24.1 Å². The Balaban J connectivity index is 0.00000196. The van der Waals surface area contributed by atoms with E-state index in [0.29, 0.717) is 13.0 Å². The molecule has 1 aliphatic heterocycles. The normalized spacial score (nSPS) is 21.8. The fourth-order valence-electron chi connectivity index (χ4n) is 4.27. The molecule has 2 aromatic rings. The summed E-state index contributed by atoms with van der Waals surface area (Å²) in [4.78, 5) is 14.7. The molecule has 0 aromatic heterocycles. The molecule has 0 unspecified atom stereocenters. The Hall–Kier alpha value is -1.84. The number of nitrogens with zero attached hydrogens (tertiary/aromatic N) is 1. The second-order valence-electron chi connectivity index (χ2n) is 7.47. The molecule has 4 heteroatoms. The highest BCUT2D eigenvalue weighted by atomic mass is 35.5. The summed E-state index contributed by atoms with van der Waals surface area (Å²) in [5.41, 5.74) is 11.6. The van der Waals surface area contributed by atoms with Crippen molar-refractivity contribution in [1.29, 1.82) is 0 Å². The summed E-state index contributed by atoms with van der Waals surface area (Å²) >= 11 is 0. The SMILES string of the molecule is Cl.N[C@@H]1CN(C(=O)Cc2ccc3c(c2)CCCC3)C[C@H]1c1ccccc1. The fourth-order valence-corrected chi connectivity index (χ4v) is 4.27. The second-order valence-corrected chi connectivity index (χ2v) is 7.47. The Bertz CT molecular complexity index is 762. The minimum absolute atomic E-state index is 0. The Morgan fingerprint density at radius 1 is 1.00 bits per heavy atom. The third-order valence-corrected chi connectivity index (χ3v) is 5.71. The molecule has 2 atom stereocenters. The number of fused-ring (bicyclic) bond motifs is 1. The van der Waals surface area contributed by atoms with Crippen LogP contribution in [0.2, 0.25) is 0 Å². The van der Waals surface area contributed by atoms with E-state index in [2.05, 4.69) is 30.3 Å². The first-order valence-electron chi connectivity index (χ1n) is 9.39. The minimum Gasteiger partial charge on any atom is -0.340 e. The lowest BCUT2D eigenvalue weighted by Gasteiger charge is -2.19. The van der Waals surface area contributed by atoms with Gasteiger partial charge in [0.1, 0.15) is 0 Å². The zero-order chi connectivity index (χ0) is 17.2. The van der Waals surface area contributed by atoms with Gasteiger partial charge in [0.05, 0.1) is 6.42 Å². The Labute approximate surface area is 162 Å². The number of carbonyl (C=O) groups excluding carboxylic acids is 1. The van der Waals surface area contributed by atoms with Crippen LogP contribution in [0.25, 0.3) is 0 Å². The lowest BCUT2D eigenvalue weighted by Crippen LogP contribution is -2.33. The van der Waals surface area contributed by atoms with Crippen LogP contribution < -0.4 is 5.73 Å². The Kier molecular flexibility index (Phi) is 6.00. The average molecular weight is 371 g/mol. The van der Waals surface area contributed by atoms with Gasteiger partial charge in [-0.05, 0) is 47.9 Å². The van der Waals surface area contributed by atoms with Gasteiger partial charge in [0.15, 0.2) is 0 Å². The van der Waals surface area contributed by atoms with Crippen molar-refractivity contribution in [2.24, 2.45) is 5.73 Å². The molecule has 0 radical (unpaired) electrons. The fraction of sp³-hybridized carbons (Fsp3) is 0.409. The largest absolute Gasteiger partial charge is 0.340 e. The second kappa shape index (κ2) is 8.24. The van der Waals surface area contributed by atoms with Gasteiger partial charge in [-0.25, -0.2) is 0 Å². The molecular formula is C22H27ClN2O. The molecule has 1 fully saturated rings. The standard InChI is InChI=1S/C22H26N2O.ClH/c23-21-15-24(14-20(21)18-7-2-1-3-8-18)22(25)13-16-10-11-17-6-4-5-9-19(17)12-16;/h1-3,7-8,10-12,20-21H,4-6,9,13-15,23H2;1H/t20-,21+;/m0./s1. The van der Waals surface area contributed by atoms with Crippen molar-refractivity contribution in [3.63, 3.8) is 0 Å². The lowest BCUT2D eigenvalue weighted by molar-refractivity contribution is -0.129. The first kappa shape index (κ1) is 18.9. The highest BCUT2D eigenvalue weighted by Crippen LogP contribution is 2.27. The summed E-state index contributed by atoms with van der Waals surface area (Å²) in [6.07, 6.45) is 5.38. The van der Waals surface area contributed by atoms with E-state index in [1.54, 1.807) is 0 Å². The molecule has 1 aliphatic carbocycles. The molecule has 1 amide bonds. The first-order valence-corrected chi connectivity index (χ1v) is 9.39. The molecule has 1 heterocycles. The van der Waals surface area contributed by atoms with Gasteiger partial charge in [0.2, 0.25) is 5.91 Å². The van der Waals surface area contributed by atoms with E-state index in [-0.39, 0.29) is 30.3 Å². The number of benzene rings is 2. The van der Waals surface area contributed by atoms with E-state index in [1.165, 1.54) is 36.0 Å². The van der Waals surface area contributed by atoms with Crippen LogP contribution in [0.1, 0.15) is 41.0 Å². The van der Waals surface area contributed by atoms with Gasteiger partial charge >= 0.3 is 0 Å². The molecular weight excluding hydrogens is 344 g/mol. The number of hydrogen-bond donors (Lipinski definition) is 1. The molecule has 26 heavy (non-hydrogen) atoms. The van der Waals surface area contributed by atoms with Crippen molar-refractivity contribution < 1.29 is 4.79 Å². The third kappa shape index (κ3) is 3.94. The quantitative estimate of drug-likeness (QED) is 0.899. The highest BCUT2D eigenvalue weighted by Gasteiger charge is 2.33. The van der Waals surface area contributed by atoms with E-state index < -0.39 is 0 Å². The summed E-state index contributed by atoms with van der Waals surface area (Å²) in [7, 11) is 0. The van der Waals surface area contributed by atoms with Crippen molar-refractivity contribution in [2.75, 3.05) is 13.1 Å². The molecule has 1 saturated heterocycles. The minimum atomic E-state index is 0. The molecule has 138 valence electrons. The van der Waals surface area contributed by atoms with Gasteiger partial charge in [0.25, 0.3) is 0 Å². The van der Waals surface area contributed by atoms with Gasteiger partial charge in [-0.2, -0.15) is 0 Å². The van der Waals surface area contributed by atoms with E-state index in [4.69, 9.17) is 5.73 Å². The lowest BCUT2D eigenvalue weighted by atomic mass is 9.90. The smallest absolute Gasteiger partial charge is 0.227 e.